The van der Waals surface area contributed by atoms with Crippen molar-refractivity contribution in [2.75, 3.05) is 4.90 Å². The van der Waals surface area contributed by atoms with Gasteiger partial charge in [0.1, 0.15) is 11.2 Å². The standard InChI is InChI=1S/C61H41NOS/c1-61(2)53-23-7-5-17-49(53)50-22-10-21-47(59(50)61)40-29-34-43(35-30-40)62(42-32-27-39(28-33-42)45-20-12-26-56-58(45)51-18-6-8-25-55(51)64-56)44-15-9-14-41(37-44)46-19-11-24-54-57(46)52-36-31-38-13-3-4-16-48(38)60(52)63-54/h3-37H,1-2H3. The Labute approximate surface area is 375 Å². The van der Waals surface area contributed by atoms with Crippen LogP contribution in [0.15, 0.2) is 217 Å². The maximum Gasteiger partial charge on any atom is 0.143 e. The molecule has 13 rings (SSSR count). The Kier molecular flexibility index (Phi) is 8.16. The molecule has 0 unspecified atom stereocenters. The molecule has 12 aromatic rings. The second kappa shape index (κ2) is 14.2. The van der Waals surface area contributed by atoms with Gasteiger partial charge in [0.15, 0.2) is 0 Å². The van der Waals surface area contributed by atoms with E-state index in [1.165, 1.54) is 70.1 Å². The molecule has 64 heavy (non-hydrogen) atoms. The quantitative estimate of drug-likeness (QED) is 0.166. The van der Waals surface area contributed by atoms with Crippen LogP contribution in [0.25, 0.3) is 97.4 Å². The van der Waals surface area contributed by atoms with E-state index in [0.29, 0.717) is 0 Å². The third kappa shape index (κ3) is 5.57. The van der Waals surface area contributed by atoms with Gasteiger partial charge >= 0.3 is 0 Å². The lowest BCUT2D eigenvalue weighted by atomic mass is 9.79. The first-order valence-electron chi connectivity index (χ1n) is 22.1. The van der Waals surface area contributed by atoms with Crippen LogP contribution in [0, 0.1) is 0 Å². The lowest BCUT2D eigenvalue weighted by Gasteiger charge is -2.27. The molecule has 0 radical (unpaired) electrons. The van der Waals surface area contributed by atoms with Crippen molar-refractivity contribution in [1.29, 1.82) is 0 Å². The first kappa shape index (κ1) is 36.9. The van der Waals surface area contributed by atoms with Gasteiger partial charge in [0.05, 0.1) is 0 Å². The van der Waals surface area contributed by atoms with Gasteiger partial charge in [-0.3, -0.25) is 0 Å². The number of furan rings is 1. The Hall–Kier alpha value is -7.72. The molecule has 0 fully saturated rings. The van der Waals surface area contributed by atoms with E-state index in [0.717, 1.165) is 55.5 Å². The van der Waals surface area contributed by atoms with Gasteiger partial charge in [-0.1, -0.05) is 166 Å². The van der Waals surface area contributed by atoms with Crippen molar-refractivity contribution < 1.29 is 4.42 Å². The van der Waals surface area contributed by atoms with E-state index < -0.39 is 0 Å². The predicted octanol–water partition coefficient (Wildman–Crippen LogP) is 17.9. The Bertz CT molecular complexity index is 3810. The molecule has 2 nitrogen and oxygen atoms in total. The maximum atomic E-state index is 6.63. The summed E-state index contributed by atoms with van der Waals surface area (Å²) in [4.78, 5) is 2.40. The van der Waals surface area contributed by atoms with Crippen molar-refractivity contribution >= 4 is 81.3 Å². The topological polar surface area (TPSA) is 16.4 Å². The van der Waals surface area contributed by atoms with Gasteiger partial charge in [0.25, 0.3) is 0 Å². The molecule has 0 saturated heterocycles. The van der Waals surface area contributed by atoms with Crippen LogP contribution in [-0.2, 0) is 5.41 Å². The number of hydrogen-bond donors (Lipinski definition) is 0. The molecule has 0 spiro atoms. The average Bonchev–Trinajstić information content (AvgIpc) is 4.00. The highest BCUT2D eigenvalue weighted by Crippen LogP contribution is 2.52. The number of rotatable bonds is 6. The van der Waals surface area contributed by atoms with Gasteiger partial charge in [0, 0.05) is 58.8 Å². The van der Waals surface area contributed by atoms with Gasteiger partial charge < -0.3 is 9.32 Å². The molecule has 0 N–H and O–H groups in total. The van der Waals surface area contributed by atoms with E-state index in [-0.39, 0.29) is 5.41 Å². The summed E-state index contributed by atoms with van der Waals surface area (Å²) in [5.74, 6) is 0. The van der Waals surface area contributed by atoms with Crippen molar-refractivity contribution in [2.45, 2.75) is 19.3 Å². The van der Waals surface area contributed by atoms with Crippen LogP contribution in [-0.4, -0.2) is 0 Å². The molecule has 0 amide bonds. The molecule has 302 valence electrons. The largest absolute Gasteiger partial charge is 0.455 e. The van der Waals surface area contributed by atoms with Crippen molar-refractivity contribution in [2.24, 2.45) is 0 Å². The average molecular weight is 836 g/mol. The SMILES string of the molecule is CC1(C)c2ccccc2-c2cccc(-c3ccc(N(c4ccc(-c5cccc6sc7ccccc7c56)cc4)c4cccc(-c5cccc6oc7c8ccccc8ccc7c56)c4)cc3)c21. The molecule has 0 atom stereocenters. The minimum Gasteiger partial charge on any atom is -0.455 e. The normalized spacial score (nSPS) is 13.0. The minimum atomic E-state index is -0.106. The summed E-state index contributed by atoms with van der Waals surface area (Å²) in [7, 11) is 0. The van der Waals surface area contributed by atoms with Gasteiger partial charge in [0.2, 0.25) is 0 Å². The number of fused-ring (bicyclic) bond motifs is 11. The Morgan fingerprint density at radius 3 is 1.84 bits per heavy atom. The van der Waals surface area contributed by atoms with E-state index >= 15 is 0 Å². The summed E-state index contributed by atoms with van der Waals surface area (Å²) in [6.07, 6.45) is 0. The molecular weight excluding hydrogens is 795 g/mol. The van der Waals surface area contributed by atoms with Crippen LogP contribution in [0.5, 0.6) is 0 Å². The second-order valence-corrected chi connectivity index (χ2v) is 18.7. The predicted molar refractivity (Wildman–Crippen MR) is 273 cm³/mol. The number of nitrogens with zero attached hydrogens (tertiary/aromatic N) is 1. The van der Waals surface area contributed by atoms with E-state index in [2.05, 4.69) is 231 Å². The molecule has 0 aliphatic heterocycles. The van der Waals surface area contributed by atoms with Crippen LogP contribution < -0.4 is 4.90 Å². The van der Waals surface area contributed by atoms with Crippen LogP contribution in [0.2, 0.25) is 0 Å². The van der Waals surface area contributed by atoms with Gasteiger partial charge in [-0.05, 0) is 122 Å². The number of hydrogen-bond acceptors (Lipinski definition) is 3. The molecule has 2 heterocycles. The van der Waals surface area contributed by atoms with Crippen LogP contribution in [0.4, 0.5) is 17.1 Å². The Balaban J connectivity index is 0.952. The van der Waals surface area contributed by atoms with Gasteiger partial charge in [-0.25, -0.2) is 0 Å². The number of thiophene rings is 1. The van der Waals surface area contributed by atoms with E-state index in [1.54, 1.807) is 0 Å². The lowest BCUT2D eigenvalue weighted by Crippen LogP contribution is -2.16. The summed E-state index contributed by atoms with van der Waals surface area (Å²) in [5.41, 5.74) is 17.7. The van der Waals surface area contributed by atoms with Crippen molar-refractivity contribution in [3.63, 3.8) is 0 Å². The Morgan fingerprint density at radius 1 is 0.406 bits per heavy atom. The van der Waals surface area contributed by atoms with E-state index in [4.69, 9.17) is 4.42 Å². The highest BCUT2D eigenvalue weighted by molar-refractivity contribution is 7.25. The monoisotopic (exact) mass is 835 g/mol. The molecule has 1 aliphatic carbocycles. The number of anilines is 3. The lowest BCUT2D eigenvalue weighted by molar-refractivity contribution is 0.662. The molecular formula is C61H41NOS. The number of benzene rings is 10. The smallest absolute Gasteiger partial charge is 0.143 e. The molecule has 0 bridgehead atoms. The highest BCUT2D eigenvalue weighted by Gasteiger charge is 2.37. The van der Waals surface area contributed by atoms with Crippen molar-refractivity contribution in [3.05, 3.63) is 223 Å². The minimum absolute atomic E-state index is 0.106. The summed E-state index contributed by atoms with van der Waals surface area (Å²) < 4.78 is 9.26. The van der Waals surface area contributed by atoms with E-state index in [9.17, 15) is 0 Å². The third-order valence-corrected chi connectivity index (χ3v) is 14.8. The van der Waals surface area contributed by atoms with Crippen LogP contribution in [0.1, 0.15) is 25.0 Å². The highest BCUT2D eigenvalue weighted by atomic mass is 32.1. The molecule has 0 saturated carbocycles. The summed E-state index contributed by atoms with van der Waals surface area (Å²) >= 11 is 1.86. The third-order valence-electron chi connectivity index (χ3n) is 13.7. The summed E-state index contributed by atoms with van der Waals surface area (Å²) in [5, 5.41) is 7.21. The van der Waals surface area contributed by atoms with Crippen LogP contribution in [0.3, 0.4) is 0 Å². The van der Waals surface area contributed by atoms with Crippen LogP contribution >= 0.6 is 11.3 Å². The van der Waals surface area contributed by atoms with Crippen molar-refractivity contribution in [1.82, 2.24) is 0 Å². The van der Waals surface area contributed by atoms with Crippen molar-refractivity contribution in [3.8, 4) is 44.5 Å². The molecule has 2 aromatic heterocycles. The first-order valence-corrected chi connectivity index (χ1v) is 22.9. The zero-order valence-corrected chi connectivity index (χ0v) is 36.3. The van der Waals surface area contributed by atoms with Gasteiger partial charge in [-0.2, -0.15) is 0 Å². The Morgan fingerprint density at radius 2 is 1.02 bits per heavy atom. The zero-order chi connectivity index (χ0) is 42.5. The summed E-state index contributed by atoms with van der Waals surface area (Å²) in [6, 6.07) is 77.8. The molecule has 1 aliphatic rings. The fraction of sp³-hybridized carbons (Fsp3) is 0.0492. The maximum absolute atomic E-state index is 6.63. The van der Waals surface area contributed by atoms with Gasteiger partial charge in [-0.15, -0.1) is 11.3 Å². The second-order valence-electron chi connectivity index (χ2n) is 17.6. The fourth-order valence-corrected chi connectivity index (χ4v) is 11.9. The fourth-order valence-electron chi connectivity index (χ4n) is 10.7. The van der Waals surface area contributed by atoms with E-state index in [1.807, 2.05) is 11.3 Å². The molecule has 3 heteroatoms. The summed E-state index contributed by atoms with van der Waals surface area (Å²) in [6.45, 7) is 4.73. The first-order chi connectivity index (χ1) is 31.5. The molecule has 10 aromatic carbocycles. The zero-order valence-electron chi connectivity index (χ0n) is 35.5.